The van der Waals surface area contributed by atoms with E-state index in [2.05, 4.69) is 175 Å². The van der Waals surface area contributed by atoms with Gasteiger partial charge in [0.2, 0.25) is 0 Å². The Hall–Kier alpha value is -6.49. The fraction of sp³-hybridized carbons (Fsp3) is 0. The van der Waals surface area contributed by atoms with Crippen molar-refractivity contribution in [3.05, 3.63) is 182 Å². The molecule has 0 unspecified atom stereocenters. The summed E-state index contributed by atoms with van der Waals surface area (Å²) in [5.41, 5.74) is 11.3. The normalized spacial score (nSPS) is 11.5. The third-order valence-corrected chi connectivity index (χ3v) is 10.7. The van der Waals surface area contributed by atoms with E-state index in [1.165, 1.54) is 22.1 Å². The molecule has 240 valence electrons. The zero-order chi connectivity index (χ0) is 33.7. The quantitative estimate of drug-likeness (QED) is 0.176. The summed E-state index contributed by atoms with van der Waals surface area (Å²) in [5, 5.41) is 5.51. The number of hydrogen-bond acceptors (Lipinski definition) is 4. The summed E-state index contributed by atoms with van der Waals surface area (Å²) >= 11 is 1.72. The van der Waals surface area contributed by atoms with Crippen molar-refractivity contribution in [1.82, 2.24) is 4.98 Å². The minimum Gasteiger partial charge on any atom is -0.454 e. The number of rotatable bonds is 6. The van der Waals surface area contributed by atoms with Crippen LogP contribution in [0.25, 0.3) is 75.8 Å². The van der Waals surface area contributed by atoms with Crippen molar-refractivity contribution in [2.45, 2.75) is 0 Å². The molecule has 10 rings (SSSR count). The fourth-order valence-corrected chi connectivity index (χ4v) is 8.27. The highest BCUT2D eigenvalue weighted by molar-refractivity contribution is 7.21. The zero-order valence-electron chi connectivity index (χ0n) is 27.5. The molecule has 0 bridgehead atoms. The molecule has 8 aromatic carbocycles. The van der Waals surface area contributed by atoms with Crippen molar-refractivity contribution in [1.29, 1.82) is 0 Å². The van der Waals surface area contributed by atoms with Gasteiger partial charge in [0.05, 0.1) is 4.70 Å². The van der Waals surface area contributed by atoms with Gasteiger partial charge >= 0.3 is 0 Å². The summed E-state index contributed by atoms with van der Waals surface area (Å²) in [5.74, 6) is 0. The number of aromatic nitrogens is 1. The maximum atomic E-state index is 6.85. The number of benzene rings is 8. The Labute approximate surface area is 299 Å². The molecule has 51 heavy (non-hydrogen) atoms. The van der Waals surface area contributed by atoms with Crippen LogP contribution in [0.15, 0.2) is 186 Å². The number of fused-ring (bicyclic) bond motifs is 5. The second-order valence-corrected chi connectivity index (χ2v) is 13.8. The molecule has 0 spiro atoms. The summed E-state index contributed by atoms with van der Waals surface area (Å²) in [6.45, 7) is 0. The van der Waals surface area contributed by atoms with Crippen molar-refractivity contribution in [3.8, 4) is 32.8 Å². The third kappa shape index (κ3) is 5.08. The van der Waals surface area contributed by atoms with Gasteiger partial charge in [-0.25, -0.2) is 4.98 Å². The molecule has 0 aliphatic carbocycles. The third-order valence-electron chi connectivity index (χ3n) is 9.67. The Morgan fingerprint density at radius 2 is 1.08 bits per heavy atom. The first-order valence-corrected chi connectivity index (χ1v) is 17.9. The van der Waals surface area contributed by atoms with E-state index in [1.54, 1.807) is 11.3 Å². The van der Waals surface area contributed by atoms with Crippen LogP contribution in [0.3, 0.4) is 0 Å². The summed E-state index contributed by atoms with van der Waals surface area (Å²) in [6, 6.07) is 64.4. The Kier molecular flexibility index (Phi) is 7.00. The summed E-state index contributed by atoms with van der Waals surface area (Å²) < 4.78 is 7.96. The molecule has 0 fully saturated rings. The molecule has 0 aliphatic heterocycles. The molecule has 0 saturated heterocycles. The van der Waals surface area contributed by atoms with Gasteiger partial charge in [0.25, 0.3) is 0 Å². The van der Waals surface area contributed by atoms with E-state index in [1.807, 2.05) is 12.1 Å². The topological polar surface area (TPSA) is 29.3 Å². The van der Waals surface area contributed by atoms with Crippen molar-refractivity contribution < 1.29 is 4.42 Å². The molecule has 0 radical (unpaired) electrons. The van der Waals surface area contributed by atoms with Crippen LogP contribution in [0.4, 0.5) is 17.1 Å². The van der Waals surface area contributed by atoms with E-state index < -0.39 is 0 Å². The van der Waals surface area contributed by atoms with Gasteiger partial charge in [-0.3, -0.25) is 0 Å². The van der Waals surface area contributed by atoms with Crippen molar-refractivity contribution in [2.75, 3.05) is 4.90 Å². The maximum Gasteiger partial charge on any atom is 0.161 e. The lowest BCUT2D eigenvalue weighted by Crippen LogP contribution is -2.11. The van der Waals surface area contributed by atoms with Crippen LogP contribution < -0.4 is 4.90 Å². The van der Waals surface area contributed by atoms with Crippen LogP contribution in [0, 0.1) is 0 Å². The van der Waals surface area contributed by atoms with Gasteiger partial charge in [-0.1, -0.05) is 146 Å². The Morgan fingerprint density at radius 1 is 0.471 bits per heavy atom. The number of anilines is 3. The standard InChI is InChI=1S/C47H30N2OS/c1-4-14-31(15-5-1)32-24-26-36(27-25-32)49(37-28-35-20-10-11-21-38(35)40(29-37)33-16-6-2-7-17-33)45-44-43(51-47(48-44)34-18-8-3-9-19-34)30-41-39-22-12-13-23-42(39)50-46(41)45/h1-30H. The predicted octanol–water partition coefficient (Wildman–Crippen LogP) is 13.8. The minimum atomic E-state index is 0.815. The number of para-hydroxylation sites is 1. The van der Waals surface area contributed by atoms with Gasteiger partial charge in [0.15, 0.2) is 5.58 Å². The molecule has 0 N–H and O–H groups in total. The Bertz CT molecular complexity index is 2840. The van der Waals surface area contributed by atoms with E-state index in [0.717, 1.165) is 70.7 Å². The van der Waals surface area contributed by atoms with Gasteiger partial charge < -0.3 is 9.32 Å². The molecule has 0 amide bonds. The summed E-state index contributed by atoms with van der Waals surface area (Å²) in [7, 11) is 0. The molecule has 0 aliphatic rings. The Balaban J connectivity index is 1.31. The maximum absolute atomic E-state index is 6.85. The van der Waals surface area contributed by atoms with Crippen LogP contribution >= 0.6 is 11.3 Å². The first-order valence-electron chi connectivity index (χ1n) is 17.1. The number of hydrogen-bond donors (Lipinski definition) is 0. The van der Waals surface area contributed by atoms with E-state index in [9.17, 15) is 0 Å². The number of nitrogens with zero attached hydrogens (tertiary/aromatic N) is 2. The first kappa shape index (κ1) is 29.4. The fourth-order valence-electron chi connectivity index (χ4n) is 7.26. The lowest BCUT2D eigenvalue weighted by molar-refractivity contribution is 0.669. The highest BCUT2D eigenvalue weighted by atomic mass is 32.1. The smallest absolute Gasteiger partial charge is 0.161 e. The summed E-state index contributed by atoms with van der Waals surface area (Å²) in [4.78, 5) is 7.76. The van der Waals surface area contributed by atoms with Gasteiger partial charge in [0.1, 0.15) is 21.8 Å². The average Bonchev–Trinajstić information content (AvgIpc) is 3.80. The molecule has 2 heterocycles. The lowest BCUT2D eigenvalue weighted by Gasteiger charge is -2.27. The van der Waals surface area contributed by atoms with Crippen molar-refractivity contribution in [2.24, 2.45) is 0 Å². The second-order valence-electron chi connectivity index (χ2n) is 12.8. The molecule has 3 nitrogen and oxygen atoms in total. The number of thiazole rings is 1. The van der Waals surface area contributed by atoms with Crippen molar-refractivity contribution >= 4 is 71.3 Å². The van der Waals surface area contributed by atoms with Gasteiger partial charge in [-0.2, -0.15) is 0 Å². The molecule has 2 aromatic heterocycles. The van der Waals surface area contributed by atoms with Crippen molar-refractivity contribution in [3.63, 3.8) is 0 Å². The van der Waals surface area contributed by atoms with Crippen LogP contribution in [0.1, 0.15) is 0 Å². The van der Waals surface area contributed by atoms with E-state index >= 15 is 0 Å². The van der Waals surface area contributed by atoms with E-state index in [0.29, 0.717) is 0 Å². The molecular weight excluding hydrogens is 641 g/mol. The van der Waals surface area contributed by atoms with Crippen LogP contribution in [-0.4, -0.2) is 4.98 Å². The van der Waals surface area contributed by atoms with Crippen LogP contribution in [-0.2, 0) is 0 Å². The average molecular weight is 671 g/mol. The second kappa shape index (κ2) is 12.1. The van der Waals surface area contributed by atoms with Gasteiger partial charge in [-0.05, 0) is 69.4 Å². The SMILES string of the molecule is c1ccc(-c2ccc(N(c3cc(-c4ccccc4)c4ccccc4c3)c3c4nc(-c5ccccc5)sc4cc4c3oc3ccccc34)cc2)cc1. The van der Waals surface area contributed by atoms with E-state index in [4.69, 9.17) is 9.40 Å². The Morgan fingerprint density at radius 3 is 1.82 bits per heavy atom. The highest BCUT2D eigenvalue weighted by Gasteiger charge is 2.26. The minimum absolute atomic E-state index is 0.815. The lowest BCUT2D eigenvalue weighted by atomic mass is 9.96. The zero-order valence-corrected chi connectivity index (χ0v) is 28.3. The first-order chi connectivity index (χ1) is 25.3. The number of furan rings is 1. The highest BCUT2D eigenvalue weighted by Crippen LogP contribution is 2.49. The molecule has 10 aromatic rings. The van der Waals surface area contributed by atoms with E-state index in [-0.39, 0.29) is 0 Å². The van der Waals surface area contributed by atoms with Crippen LogP contribution in [0.5, 0.6) is 0 Å². The predicted molar refractivity (Wildman–Crippen MR) is 215 cm³/mol. The van der Waals surface area contributed by atoms with Gasteiger partial charge in [-0.15, -0.1) is 11.3 Å². The molecular formula is C47H30N2OS. The van der Waals surface area contributed by atoms with Crippen LogP contribution in [0.2, 0.25) is 0 Å². The largest absolute Gasteiger partial charge is 0.454 e. The molecule has 0 saturated carbocycles. The molecule has 4 heteroatoms. The molecule has 0 atom stereocenters. The van der Waals surface area contributed by atoms with Gasteiger partial charge in [0, 0.05) is 27.7 Å². The summed E-state index contributed by atoms with van der Waals surface area (Å²) in [6.07, 6.45) is 0. The monoisotopic (exact) mass is 670 g/mol.